The van der Waals surface area contributed by atoms with Crippen LogP contribution in [0, 0.1) is 0 Å². The summed E-state index contributed by atoms with van der Waals surface area (Å²) in [5.74, 6) is 0.731. The number of hydrogen-bond donors (Lipinski definition) is 1. The molecule has 2 rings (SSSR count). The molecule has 2 unspecified atom stereocenters. The van der Waals surface area contributed by atoms with E-state index in [0.717, 1.165) is 17.0 Å². The number of nitrogens with zero attached hydrogens (tertiary/aromatic N) is 1. The van der Waals surface area contributed by atoms with Crippen molar-refractivity contribution in [2.75, 3.05) is 33.3 Å². The third-order valence-corrected chi connectivity index (χ3v) is 4.10. The molecule has 25 heavy (non-hydrogen) atoms. The molecule has 2 atom stereocenters. The second-order valence-corrected chi connectivity index (χ2v) is 5.49. The lowest BCUT2D eigenvalue weighted by Crippen LogP contribution is -2.39. The Kier molecular flexibility index (Phi) is 6.25. The maximum Gasteiger partial charge on any atom is 0.337 e. The van der Waals surface area contributed by atoms with Gasteiger partial charge in [0.2, 0.25) is 0 Å². The van der Waals surface area contributed by atoms with Crippen LogP contribution >= 0.6 is 0 Å². The van der Waals surface area contributed by atoms with E-state index in [1.165, 1.54) is 7.11 Å². The summed E-state index contributed by atoms with van der Waals surface area (Å²) < 4.78 is 15.1. The predicted octanol–water partition coefficient (Wildman–Crippen LogP) is 2.42. The first kappa shape index (κ1) is 18.6. The first-order valence-electron chi connectivity index (χ1n) is 7.78. The third kappa shape index (κ3) is 4.22. The molecule has 0 saturated carbocycles. The van der Waals surface area contributed by atoms with Gasteiger partial charge >= 0.3 is 5.97 Å². The molecule has 134 valence electrons. The Morgan fingerprint density at radius 2 is 1.40 bits per heavy atom. The number of methoxy groups -OCH3 is 3. The van der Waals surface area contributed by atoms with Crippen LogP contribution in [0.3, 0.4) is 0 Å². The number of likely N-dealkylation sites (N-methyl/N-ethyl adjacent to an activating group) is 1. The highest BCUT2D eigenvalue weighted by Crippen LogP contribution is 2.31. The zero-order valence-corrected chi connectivity index (χ0v) is 14.8. The number of esters is 1. The zero-order chi connectivity index (χ0) is 18.4. The van der Waals surface area contributed by atoms with Gasteiger partial charge in [0.25, 0.3) is 0 Å². The van der Waals surface area contributed by atoms with E-state index in [1.807, 2.05) is 48.3 Å². The van der Waals surface area contributed by atoms with Gasteiger partial charge in [-0.2, -0.15) is 0 Å². The molecule has 6 heteroatoms. The Bertz CT molecular complexity index is 684. The van der Waals surface area contributed by atoms with Crippen LogP contribution in [0.2, 0.25) is 0 Å². The van der Waals surface area contributed by atoms with Gasteiger partial charge in [-0.3, -0.25) is 0 Å². The summed E-state index contributed by atoms with van der Waals surface area (Å²) in [5, 5.41) is 10.5. The number of rotatable bonds is 7. The Morgan fingerprint density at radius 3 is 1.84 bits per heavy atom. The topological polar surface area (TPSA) is 68.2 Å². The van der Waals surface area contributed by atoms with E-state index in [9.17, 15) is 9.90 Å². The zero-order valence-electron chi connectivity index (χ0n) is 14.8. The van der Waals surface area contributed by atoms with Crippen molar-refractivity contribution in [2.24, 2.45) is 0 Å². The fraction of sp³-hybridized carbons (Fsp3) is 0.316. The van der Waals surface area contributed by atoms with Crippen LogP contribution in [0.25, 0.3) is 0 Å². The normalized spacial score (nSPS) is 12.8. The van der Waals surface area contributed by atoms with E-state index in [2.05, 4.69) is 0 Å². The summed E-state index contributed by atoms with van der Waals surface area (Å²) in [5.41, 5.74) is 1.58. The lowest BCUT2D eigenvalue weighted by molar-refractivity contribution is -0.151. The Hall–Kier alpha value is -2.73. The van der Waals surface area contributed by atoms with Crippen LogP contribution in [0.5, 0.6) is 11.5 Å². The second kappa shape index (κ2) is 8.39. The SMILES string of the molecule is COC(=O)C(O)C(c1ccc(OC)cc1)N(C)c1ccc(OC)cc1. The average Bonchev–Trinajstić information content (AvgIpc) is 2.67. The quantitative estimate of drug-likeness (QED) is 0.777. The minimum absolute atomic E-state index is 0.619. The number of benzene rings is 2. The highest BCUT2D eigenvalue weighted by molar-refractivity contribution is 5.76. The van der Waals surface area contributed by atoms with Gasteiger partial charge in [-0.15, -0.1) is 0 Å². The van der Waals surface area contributed by atoms with Gasteiger partial charge in [-0.25, -0.2) is 4.79 Å². The van der Waals surface area contributed by atoms with E-state index in [1.54, 1.807) is 26.4 Å². The number of anilines is 1. The van der Waals surface area contributed by atoms with Gasteiger partial charge < -0.3 is 24.2 Å². The smallest absolute Gasteiger partial charge is 0.337 e. The van der Waals surface area contributed by atoms with Crippen molar-refractivity contribution in [1.82, 2.24) is 0 Å². The van der Waals surface area contributed by atoms with E-state index >= 15 is 0 Å². The van der Waals surface area contributed by atoms with Gasteiger partial charge in [0.15, 0.2) is 6.10 Å². The van der Waals surface area contributed by atoms with Crippen molar-refractivity contribution in [3.05, 3.63) is 54.1 Å². The summed E-state index contributed by atoms with van der Waals surface area (Å²) in [4.78, 5) is 13.8. The average molecular weight is 345 g/mol. The van der Waals surface area contributed by atoms with Gasteiger partial charge in [0.05, 0.1) is 27.4 Å². The maximum atomic E-state index is 11.9. The lowest BCUT2D eigenvalue weighted by atomic mass is 9.99. The van der Waals surface area contributed by atoms with Gasteiger partial charge in [-0.05, 0) is 42.0 Å². The molecule has 2 aromatic carbocycles. The summed E-state index contributed by atoms with van der Waals surface area (Å²) in [6, 6.07) is 13.9. The molecule has 0 aliphatic rings. The molecule has 2 aromatic rings. The van der Waals surface area contributed by atoms with Crippen LogP contribution < -0.4 is 14.4 Å². The highest BCUT2D eigenvalue weighted by atomic mass is 16.5. The van der Waals surface area contributed by atoms with Crippen LogP contribution in [-0.2, 0) is 9.53 Å². The molecule has 0 fully saturated rings. The third-order valence-electron chi connectivity index (χ3n) is 4.10. The summed E-state index contributed by atoms with van der Waals surface area (Å²) in [7, 11) is 6.24. The molecule has 0 bridgehead atoms. The molecule has 0 saturated heterocycles. The summed E-state index contributed by atoms with van der Waals surface area (Å²) in [6.45, 7) is 0. The molecule has 0 radical (unpaired) electrons. The van der Waals surface area contributed by atoms with Gasteiger partial charge in [0, 0.05) is 12.7 Å². The standard InChI is InChI=1S/C19H23NO5/c1-20(14-7-11-16(24-3)12-8-14)17(18(21)19(22)25-4)13-5-9-15(23-2)10-6-13/h5-12,17-18,21H,1-4H3. The predicted molar refractivity (Wildman–Crippen MR) is 95.2 cm³/mol. The fourth-order valence-corrected chi connectivity index (χ4v) is 2.65. The lowest BCUT2D eigenvalue weighted by Gasteiger charge is -2.33. The number of hydrogen-bond acceptors (Lipinski definition) is 6. The summed E-state index contributed by atoms with van der Waals surface area (Å²) in [6.07, 6.45) is -1.34. The molecule has 0 aliphatic heterocycles. The van der Waals surface area contributed by atoms with Crippen molar-refractivity contribution in [2.45, 2.75) is 12.1 Å². The summed E-state index contributed by atoms with van der Waals surface area (Å²) >= 11 is 0. The van der Waals surface area contributed by atoms with Gasteiger partial charge in [0.1, 0.15) is 11.5 Å². The maximum absolute atomic E-state index is 11.9. The molecule has 0 heterocycles. The van der Waals surface area contributed by atoms with E-state index < -0.39 is 18.1 Å². The van der Waals surface area contributed by atoms with E-state index in [0.29, 0.717) is 5.75 Å². The number of aliphatic hydroxyl groups excluding tert-OH is 1. The minimum atomic E-state index is -1.34. The minimum Gasteiger partial charge on any atom is -0.497 e. The largest absolute Gasteiger partial charge is 0.497 e. The first-order chi connectivity index (χ1) is 12.0. The Balaban J connectivity index is 2.39. The number of ether oxygens (including phenoxy) is 3. The van der Waals surface area contributed by atoms with E-state index in [-0.39, 0.29) is 0 Å². The monoisotopic (exact) mass is 345 g/mol. The van der Waals surface area contributed by atoms with Crippen LogP contribution in [-0.4, -0.2) is 45.6 Å². The van der Waals surface area contributed by atoms with Crippen molar-refractivity contribution in [1.29, 1.82) is 0 Å². The molecular formula is C19H23NO5. The van der Waals surface area contributed by atoms with Crippen molar-refractivity contribution < 1.29 is 24.1 Å². The second-order valence-electron chi connectivity index (χ2n) is 5.49. The van der Waals surface area contributed by atoms with E-state index in [4.69, 9.17) is 14.2 Å². The number of aliphatic hydroxyl groups is 1. The molecule has 6 nitrogen and oxygen atoms in total. The van der Waals surface area contributed by atoms with Crippen LogP contribution in [0.4, 0.5) is 5.69 Å². The number of carbonyl (C=O) groups excluding carboxylic acids is 1. The Morgan fingerprint density at radius 1 is 0.920 bits per heavy atom. The molecule has 0 aromatic heterocycles. The van der Waals surface area contributed by atoms with Gasteiger partial charge in [-0.1, -0.05) is 12.1 Å². The number of carbonyl (C=O) groups is 1. The highest BCUT2D eigenvalue weighted by Gasteiger charge is 2.32. The van der Waals surface area contributed by atoms with Crippen LogP contribution in [0.1, 0.15) is 11.6 Å². The van der Waals surface area contributed by atoms with Crippen molar-refractivity contribution in [3.8, 4) is 11.5 Å². The van der Waals surface area contributed by atoms with Crippen molar-refractivity contribution >= 4 is 11.7 Å². The molecule has 0 spiro atoms. The molecule has 1 N–H and O–H groups in total. The van der Waals surface area contributed by atoms with Crippen molar-refractivity contribution in [3.63, 3.8) is 0 Å². The molecule has 0 amide bonds. The fourth-order valence-electron chi connectivity index (χ4n) is 2.65. The van der Waals surface area contributed by atoms with Crippen LogP contribution in [0.15, 0.2) is 48.5 Å². The first-order valence-corrected chi connectivity index (χ1v) is 7.78. The Labute approximate surface area is 147 Å². The molecular weight excluding hydrogens is 322 g/mol. The molecule has 0 aliphatic carbocycles.